The van der Waals surface area contributed by atoms with Crippen molar-refractivity contribution in [3.8, 4) is 0 Å². The Hall–Kier alpha value is -1.76. The fraction of sp³-hybridized carbons (Fsp3) is 0.333. The predicted molar refractivity (Wildman–Crippen MR) is 96.0 cm³/mol. The Morgan fingerprint density at radius 2 is 1.50 bits per heavy atom. The zero-order valence-corrected chi connectivity index (χ0v) is 15.1. The minimum atomic E-state index is -0.347. The van der Waals surface area contributed by atoms with E-state index in [1.165, 1.54) is 15.6 Å². The van der Waals surface area contributed by atoms with Crippen molar-refractivity contribution in [2.45, 2.75) is 13.1 Å². The summed E-state index contributed by atoms with van der Waals surface area (Å²) in [6.45, 7) is 6.59. The van der Waals surface area contributed by atoms with Gasteiger partial charge in [0.2, 0.25) is 0 Å². The van der Waals surface area contributed by atoms with E-state index in [2.05, 4.69) is 40.2 Å². The highest BCUT2D eigenvalue weighted by Crippen LogP contribution is 2.14. The molecule has 126 valence electrons. The number of non-ortho nitro benzene ring substituents is 1. The van der Waals surface area contributed by atoms with E-state index in [0.717, 1.165) is 39.3 Å². The van der Waals surface area contributed by atoms with Gasteiger partial charge in [0.15, 0.2) is 0 Å². The molecule has 1 aliphatic rings. The Morgan fingerprint density at radius 3 is 2.08 bits per heavy atom. The van der Waals surface area contributed by atoms with E-state index in [1.54, 1.807) is 21.9 Å². The van der Waals surface area contributed by atoms with Gasteiger partial charge in [0.05, 0.1) is 4.92 Å². The average Bonchev–Trinajstić information content (AvgIpc) is 2.59. The molecular weight excluding hydrogens is 370 g/mol. The highest BCUT2D eigenvalue weighted by atomic mass is 79.9. The van der Waals surface area contributed by atoms with Gasteiger partial charge in [-0.25, -0.2) is 0 Å². The van der Waals surface area contributed by atoms with Gasteiger partial charge in [-0.1, -0.05) is 34.1 Å². The second-order valence-electron chi connectivity index (χ2n) is 6.37. The van der Waals surface area contributed by atoms with Crippen molar-refractivity contribution in [1.82, 2.24) is 0 Å². The lowest BCUT2D eigenvalue weighted by Gasteiger charge is -2.30. The van der Waals surface area contributed by atoms with Crippen molar-refractivity contribution < 1.29 is 14.7 Å². The monoisotopic (exact) mass is 391 g/mol. The predicted octanol–water partition coefficient (Wildman–Crippen LogP) is 0.841. The molecule has 0 aliphatic carbocycles. The number of quaternary nitrogens is 2. The van der Waals surface area contributed by atoms with Crippen molar-refractivity contribution >= 4 is 21.6 Å². The number of halogens is 1. The fourth-order valence-corrected chi connectivity index (χ4v) is 3.67. The van der Waals surface area contributed by atoms with Crippen molar-refractivity contribution in [1.29, 1.82) is 0 Å². The molecule has 0 radical (unpaired) electrons. The van der Waals surface area contributed by atoms with Crippen LogP contribution in [0.4, 0.5) is 5.69 Å². The number of rotatable bonds is 5. The summed E-state index contributed by atoms with van der Waals surface area (Å²) in [5.74, 6) is 0. The summed E-state index contributed by atoms with van der Waals surface area (Å²) in [7, 11) is 0. The molecule has 0 saturated carbocycles. The van der Waals surface area contributed by atoms with Crippen molar-refractivity contribution in [2.24, 2.45) is 0 Å². The molecule has 1 heterocycles. The van der Waals surface area contributed by atoms with Crippen LogP contribution in [0.15, 0.2) is 53.0 Å². The Balaban J connectivity index is 1.50. The first-order valence-corrected chi connectivity index (χ1v) is 9.05. The van der Waals surface area contributed by atoms with Crippen LogP contribution in [-0.2, 0) is 13.1 Å². The SMILES string of the molecule is O=[N+]([O-])c1ccc(C[NH+]2CC[NH+](Cc3ccccc3Br)CC2)cc1. The van der Waals surface area contributed by atoms with Crippen LogP contribution < -0.4 is 9.80 Å². The van der Waals surface area contributed by atoms with Crippen molar-refractivity contribution in [2.75, 3.05) is 26.2 Å². The molecule has 1 saturated heterocycles. The zero-order chi connectivity index (χ0) is 16.9. The third kappa shape index (κ3) is 4.41. The van der Waals surface area contributed by atoms with Gasteiger partial charge in [0.25, 0.3) is 5.69 Å². The van der Waals surface area contributed by atoms with Gasteiger partial charge in [-0.15, -0.1) is 0 Å². The van der Waals surface area contributed by atoms with E-state index < -0.39 is 0 Å². The Bertz CT molecular complexity index is 698. The van der Waals surface area contributed by atoms with E-state index in [-0.39, 0.29) is 10.6 Å². The quantitative estimate of drug-likeness (QED) is 0.586. The number of nitrogens with zero attached hydrogens (tertiary/aromatic N) is 1. The minimum Gasteiger partial charge on any atom is -0.322 e. The van der Waals surface area contributed by atoms with Crippen molar-refractivity contribution in [3.05, 3.63) is 74.2 Å². The maximum absolute atomic E-state index is 10.7. The molecular formula is C18H22BrN3O2+2. The van der Waals surface area contributed by atoms with E-state index in [0.29, 0.717) is 0 Å². The zero-order valence-electron chi connectivity index (χ0n) is 13.5. The van der Waals surface area contributed by atoms with Crippen LogP contribution in [0, 0.1) is 10.1 Å². The molecule has 2 aromatic rings. The third-order valence-electron chi connectivity index (χ3n) is 4.66. The maximum Gasteiger partial charge on any atom is 0.269 e. The highest BCUT2D eigenvalue weighted by Gasteiger charge is 2.23. The first-order chi connectivity index (χ1) is 11.6. The number of benzene rings is 2. The average molecular weight is 392 g/mol. The summed E-state index contributed by atoms with van der Waals surface area (Å²) >= 11 is 3.63. The van der Waals surface area contributed by atoms with E-state index in [1.807, 2.05) is 12.1 Å². The lowest BCUT2D eigenvalue weighted by Crippen LogP contribution is -3.27. The maximum atomic E-state index is 10.7. The van der Waals surface area contributed by atoms with Crippen molar-refractivity contribution in [3.63, 3.8) is 0 Å². The van der Waals surface area contributed by atoms with Gasteiger partial charge in [-0.05, 0) is 18.2 Å². The molecule has 2 N–H and O–H groups in total. The van der Waals surface area contributed by atoms with Gasteiger partial charge in [-0.2, -0.15) is 0 Å². The molecule has 6 heteroatoms. The van der Waals surface area contributed by atoms with Crippen LogP contribution in [0.1, 0.15) is 11.1 Å². The normalized spacial score (nSPS) is 20.7. The van der Waals surface area contributed by atoms with Crippen LogP contribution in [0.25, 0.3) is 0 Å². The first-order valence-electron chi connectivity index (χ1n) is 8.25. The Morgan fingerprint density at radius 1 is 0.917 bits per heavy atom. The summed E-state index contributed by atoms with van der Waals surface area (Å²) < 4.78 is 1.19. The van der Waals surface area contributed by atoms with Crippen LogP contribution in [0.3, 0.4) is 0 Å². The van der Waals surface area contributed by atoms with Crippen LogP contribution >= 0.6 is 15.9 Å². The lowest BCUT2D eigenvalue weighted by molar-refractivity contribution is -1.02. The number of hydrogen-bond donors (Lipinski definition) is 2. The summed E-state index contributed by atoms with van der Waals surface area (Å²) in [6.07, 6.45) is 0. The van der Waals surface area contributed by atoms with Crippen LogP contribution in [0.5, 0.6) is 0 Å². The molecule has 2 aromatic carbocycles. The third-order valence-corrected chi connectivity index (χ3v) is 5.44. The van der Waals surface area contributed by atoms with Gasteiger partial charge in [0, 0.05) is 27.7 Å². The Kier molecular flexibility index (Phi) is 5.60. The second kappa shape index (κ2) is 7.88. The largest absolute Gasteiger partial charge is 0.322 e. The van der Waals surface area contributed by atoms with E-state index >= 15 is 0 Å². The molecule has 0 atom stereocenters. The second-order valence-corrected chi connectivity index (χ2v) is 7.22. The van der Waals surface area contributed by atoms with Crippen LogP contribution in [-0.4, -0.2) is 31.1 Å². The number of piperazine rings is 1. The molecule has 0 aromatic heterocycles. The summed E-state index contributed by atoms with van der Waals surface area (Å²) in [4.78, 5) is 13.5. The summed E-state index contributed by atoms with van der Waals surface area (Å²) in [5, 5.41) is 10.7. The van der Waals surface area contributed by atoms with Gasteiger partial charge >= 0.3 is 0 Å². The Labute approximate surface area is 150 Å². The molecule has 0 bridgehead atoms. The molecule has 1 fully saturated rings. The smallest absolute Gasteiger partial charge is 0.269 e. The minimum absolute atomic E-state index is 0.163. The number of nitro benzene ring substituents is 1. The molecule has 1 aliphatic heterocycles. The summed E-state index contributed by atoms with van der Waals surface area (Å²) in [5.41, 5.74) is 2.70. The number of nitrogens with one attached hydrogen (secondary N) is 2. The van der Waals surface area contributed by atoms with Crippen LogP contribution in [0.2, 0.25) is 0 Å². The fourth-order valence-electron chi connectivity index (χ4n) is 3.25. The molecule has 3 rings (SSSR count). The number of nitro groups is 1. The topological polar surface area (TPSA) is 52.0 Å². The molecule has 24 heavy (non-hydrogen) atoms. The standard InChI is InChI=1S/C18H20BrN3O2/c19-18-4-2-1-3-16(18)14-21-11-9-20(10-12-21)13-15-5-7-17(8-6-15)22(23)24/h1-8H,9-14H2/p+2. The van der Waals surface area contributed by atoms with E-state index in [9.17, 15) is 10.1 Å². The molecule has 5 nitrogen and oxygen atoms in total. The molecule has 0 amide bonds. The first kappa shape index (κ1) is 17.1. The van der Waals surface area contributed by atoms with Gasteiger partial charge in [-0.3, -0.25) is 10.1 Å². The van der Waals surface area contributed by atoms with E-state index in [4.69, 9.17) is 0 Å². The molecule has 0 unspecified atom stereocenters. The number of hydrogen-bond acceptors (Lipinski definition) is 2. The summed E-state index contributed by atoms with van der Waals surface area (Å²) in [6, 6.07) is 15.4. The lowest BCUT2D eigenvalue weighted by atomic mass is 10.1. The van der Waals surface area contributed by atoms with Gasteiger partial charge < -0.3 is 9.80 Å². The highest BCUT2D eigenvalue weighted by molar-refractivity contribution is 9.10. The van der Waals surface area contributed by atoms with Gasteiger partial charge in [0.1, 0.15) is 39.3 Å². The molecule has 0 spiro atoms.